The largest absolute Gasteiger partial charge is 0.465 e. The molecule has 7 heteroatoms. The minimum atomic E-state index is -0.632. The molecule has 0 aliphatic carbocycles. The highest BCUT2D eigenvalue weighted by Gasteiger charge is 2.19. The molecule has 1 unspecified atom stereocenters. The number of esters is 2. The van der Waals surface area contributed by atoms with Crippen molar-refractivity contribution in [3.63, 3.8) is 0 Å². The Morgan fingerprint density at radius 2 is 1.39 bits per heavy atom. The molecule has 1 aliphatic heterocycles. The molecule has 0 spiro atoms. The van der Waals surface area contributed by atoms with Gasteiger partial charge in [0.2, 0.25) is 0 Å². The van der Waals surface area contributed by atoms with Crippen LogP contribution in [0, 0.1) is 5.82 Å². The van der Waals surface area contributed by atoms with E-state index in [1.807, 2.05) is 0 Å². The summed E-state index contributed by atoms with van der Waals surface area (Å²) < 4.78 is 37.7. The van der Waals surface area contributed by atoms with Gasteiger partial charge in [-0.2, -0.15) is 0 Å². The molecule has 1 fully saturated rings. The summed E-state index contributed by atoms with van der Waals surface area (Å²) in [5.41, 5.74) is 2.23. The first-order valence-electron chi connectivity index (χ1n) is 12.3. The molecule has 0 N–H and O–H groups in total. The fraction of sp³-hybridized carbons (Fsp3) is 0.226. The highest BCUT2D eigenvalue weighted by molar-refractivity contribution is 5.91. The minimum absolute atomic E-state index is 0.164. The lowest BCUT2D eigenvalue weighted by Gasteiger charge is -2.23. The Morgan fingerprint density at radius 3 is 1.97 bits per heavy atom. The van der Waals surface area contributed by atoms with Crippen LogP contribution in [0.1, 0.15) is 33.1 Å². The molecule has 1 atom stereocenters. The van der Waals surface area contributed by atoms with Crippen LogP contribution in [0.15, 0.2) is 85.0 Å². The van der Waals surface area contributed by atoms with Crippen molar-refractivity contribution in [2.24, 2.45) is 0 Å². The molecule has 0 radical (unpaired) electrons. The summed E-state index contributed by atoms with van der Waals surface area (Å²) in [5, 5.41) is 0. The number of carbonyl (C=O) groups excluding carboxylic acids is 2. The molecule has 1 heterocycles. The maximum absolute atomic E-state index is 15.4. The highest BCUT2D eigenvalue weighted by atomic mass is 19.1. The second kappa shape index (κ2) is 11.9. The molecule has 3 aromatic carbocycles. The van der Waals surface area contributed by atoms with E-state index in [1.54, 1.807) is 55.5 Å². The number of hydrogen-bond acceptors (Lipinski definition) is 6. The summed E-state index contributed by atoms with van der Waals surface area (Å²) in [6.45, 7) is 11.0. The van der Waals surface area contributed by atoms with Crippen molar-refractivity contribution < 1.29 is 32.9 Å². The van der Waals surface area contributed by atoms with Crippen molar-refractivity contribution in [1.82, 2.24) is 0 Å². The standard InChI is InChI=1S/C31H29FO6/c1-19(2)30(33)37-24-14-10-22(11-15-24)26-17-27(32)25(18-28(26)38-31(34)20(3)4)21-8-12-23(13-9-21)36-29-7-5-6-16-35-29/h8-15,17-18,29H,1,3,5-7,16H2,2,4H3. The molecule has 0 bridgehead atoms. The molecule has 0 saturated carbocycles. The second-order valence-corrected chi connectivity index (χ2v) is 9.13. The number of halogens is 1. The fourth-order valence-electron chi connectivity index (χ4n) is 3.84. The Morgan fingerprint density at radius 1 is 0.816 bits per heavy atom. The van der Waals surface area contributed by atoms with Crippen LogP contribution < -0.4 is 14.2 Å². The Hall–Kier alpha value is -4.23. The summed E-state index contributed by atoms with van der Waals surface area (Å²) in [6.07, 6.45) is 2.62. The molecule has 196 valence electrons. The van der Waals surface area contributed by atoms with Gasteiger partial charge in [0.1, 0.15) is 23.1 Å². The van der Waals surface area contributed by atoms with Crippen LogP contribution in [0.2, 0.25) is 0 Å². The van der Waals surface area contributed by atoms with Gasteiger partial charge in [0, 0.05) is 28.7 Å². The Labute approximate surface area is 221 Å². The van der Waals surface area contributed by atoms with Crippen LogP contribution >= 0.6 is 0 Å². The number of benzene rings is 3. The van der Waals surface area contributed by atoms with Crippen molar-refractivity contribution in [1.29, 1.82) is 0 Å². The molecular formula is C31H29FO6. The zero-order valence-electron chi connectivity index (χ0n) is 21.4. The van der Waals surface area contributed by atoms with Gasteiger partial charge in [-0.1, -0.05) is 37.4 Å². The highest BCUT2D eigenvalue weighted by Crippen LogP contribution is 2.38. The van der Waals surface area contributed by atoms with E-state index >= 15 is 4.39 Å². The predicted octanol–water partition coefficient (Wildman–Crippen LogP) is 7.03. The monoisotopic (exact) mass is 516 g/mol. The van der Waals surface area contributed by atoms with Gasteiger partial charge in [0.05, 0.1) is 6.61 Å². The van der Waals surface area contributed by atoms with E-state index in [-0.39, 0.29) is 28.7 Å². The van der Waals surface area contributed by atoms with Gasteiger partial charge in [0.25, 0.3) is 0 Å². The van der Waals surface area contributed by atoms with Gasteiger partial charge < -0.3 is 18.9 Å². The average molecular weight is 517 g/mol. The fourth-order valence-corrected chi connectivity index (χ4v) is 3.84. The first-order chi connectivity index (χ1) is 18.2. The minimum Gasteiger partial charge on any atom is -0.465 e. The smallest absolute Gasteiger partial charge is 0.338 e. The van der Waals surface area contributed by atoms with E-state index in [4.69, 9.17) is 18.9 Å². The van der Waals surface area contributed by atoms with Crippen LogP contribution in [0.25, 0.3) is 22.3 Å². The summed E-state index contributed by atoms with van der Waals surface area (Å²) >= 11 is 0. The molecule has 0 amide bonds. The van der Waals surface area contributed by atoms with Gasteiger partial charge in [-0.15, -0.1) is 0 Å². The van der Waals surface area contributed by atoms with Crippen molar-refractivity contribution in [2.75, 3.05) is 6.61 Å². The van der Waals surface area contributed by atoms with E-state index in [1.165, 1.54) is 19.1 Å². The first kappa shape index (κ1) is 26.8. The van der Waals surface area contributed by atoms with E-state index in [0.29, 0.717) is 34.8 Å². The summed E-state index contributed by atoms with van der Waals surface area (Å²) in [4.78, 5) is 24.2. The topological polar surface area (TPSA) is 71.1 Å². The first-order valence-corrected chi connectivity index (χ1v) is 12.3. The molecular weight excluding hydrogens is 487 g/mol. The third-order valence-corrected chi connectivity index (χ3v) is 5.92. The lowest BCUT2D eigenvalue weighted by atomic mass is 9.98. The van der Waals surface area contributed by atoms with Crippen LogP contribution in [-0.2, 0) is 14.3 Å². The summed E-state index contributed by atoms with van der Waals surface area (Å²) in [6, 6.07) is 16.2. The van der Waals surface area contributed by atoms with Crippen molar-refractivity contribution in [2.45, 2.75) is 39.4 Å². The number of carbonyl (C=O) groups is 2. The van der Waals surface area contributed by atoms with Gasteiger partial charge in [-0.05, 0) is 74.2 Å². The second-order valence-electron chi connectivity index (χ2n) is 9.13. The zero-order valence-corrected chi connectivity index (χ0v) is 21.4. The Bertz CT molecular complexity index is 1350. The Balaban J connectivity index is 1.64. The van der Waals surface area contributed by atoms with Gasteiger partial charge in [-0.3, -0.25) is 0 Å². The maximum Gasteiger partial charge on any atom is 0.338 e. The van der Waals surface area contributed by atoms with Gasteiger partial charge in [0.15, 0.2) is 6.29 Å². The molecule has 0 aromatic heterocycles. The molecule has 1 aliphatic rings. The number of rotatable bonds is 8. The molecule has 4 rings (SSSR count). The van der Waals surface area contributed by atoms with Crippen molar-refractivity contribution in [3.8, 4) is 39.5 Å². The van der Waals surface area contributed by atoms with Crippen LogP contribution in [-0.4, -0.2) is 24.8 Å². The van der Waals surface area contributed by atoms with Crippen molar-refractivity contribution >= 4 is 11.9 Å². The summed E-state index contributed by atoms with van der Waals surface area (Å²) in [5.74, 6) is -0.590. The third-order valence-electron chi connectivity index (χ3n) is 5.92. The Kier molecular flexibility index (Phi) is 8.38. The van der Waals surface area contributed by atoms with E-state index < -0.39 is 17.8 Å². The van der Waals surface area contributed by atoms with Crippen molar-refractivity contribution in [3.05, 3.63) is 90.8 Å². The van der Waals surface area contributed by atoms with Gasteiger partial charge in [-0.25, -0.2) is 14.0 Å². The zero-order chi connectivity index (χ0) is 27.2. The predicted molar refractivity (Wildman–Crippen MR) is 142 cm³/mol. The molecule has 1 saturated heterocycles. The van der Waals surface area contributed by atoms with E-state index in [9.17, 15) is 9.59 Å². The van der Waals surface area contributed by atoms with Gasteiger partial charge >= 0.3 is 11.9 Å². The normalized spacial score (nSPS) is 14.9. The third kappa shape index (κ3) is 6.55. The van der Waals surface area contributed by atoms with Crippen LogP contribution in [0.5, 0.6) is 17.2 Å². The van der Waals surface area contributed by atoms with Crippen LogP contribution in [0.4, 0.5) is 4.39 Å². The molecule has 6 nitrogen and oxygen atoms in total. The van der Waals surface area contributed by atoms with E-state index in [0.717, 1.165) is 19.3 Å². The average Bonchev–Trinajstić information content (AvgIpc) is 2.91. The number of hydrogen-bond donors (Lipinski definition) is 0. The maximum atomic E-state index is 15.4. The van der Waals surface area contributed by atoms with Crippen LogP contribution in [0.3, 0.4) is 0 Å². The molecule has 3 aromatic rings. The summed E-state index contributed by atoms with van der Waals surface area (Å²) in [7, 11) is 0. The van der Waals surface area contributed by atoms with E-state index in [2.05, 4.69) is 13.2 Å². The number of ether oxygens (including phenoxy) is 4. The lowest BCUT2D eigenvalue weighted by molar-refractivity contribution is -0.130. The molecule has 38 heavy (non-hydrogen) atoms. The quantitative estimate of drug-likeness (QED) is 0.182. The SMILES string of the molecule is C=C(C)C(=O)Oc1ccc(-c2cc(F)c(-c3ccc(OC4CCCCO4)cc3)cc2OC(=O)C(=C)C)cc1. The lowest BCUT2D eigenvalue weighted by Crippen LogP contribution is -2.24.